The van der Waals surface area contributed by atoms with Crippen molar-refractivity contribution in [3.63, 3.8) is 0 Å². The molecule has 0 rings (SSSR count). The Balaban J connectivity index is 5.14. The molecule has 0 saturated heterocycles. The van der Waals surface area contributed by atoms with Gasteiger partial charge in [-0.1, -0.05) is 0 Å². The molecule has 0 aliphatic rings. The van der Waals surface area contributed by atoms with Gasteiger partial charge >= 0.3 is 12.2 Å². The van der Waals surface area contributed by atoms with Gasteiger partial charge in [-0.2, -0.15) is 0 Å². The van der Waals surface area contributed by atoms with Gasteiger partial charge in [0, 0.05) is 21.2 Å². The topological polar surface area (TPSA) is 120 Å². The maximum absolute atomic E-state index is 12.2. The van der Waals surface area contributed by atoms with Crippen LogP contribution in [-0.4, -0.2) is 54.0 Å². The third-order valence-electron chi connectivity index (χ3n) is 2.08. The van der Waals surface area contributed by atoms with Crippen molar-refractivity contribution in [2.45, 2.75) is 45.6 Å². The second-order valence-corrected chi connectivity index (χ2v) is 3.85. The number of rotatable bonds is 10. The van der Waals surface area contributed by atoms with E-state index >= 15 is 0 Å². The van der Waals surface area contributed by atoms with Crippen LogP contribution in [0, 0.1) is 5.53 Å². The first-order valence-electron chi connectivity index (χ1n) is 9.87. The van der Waals surface area contributed by atoms with Crippen LogP contribution in [0.2, 0.25) is 0 Å². The fourth-order valence-electron chi connectivity index (χ4n) is 1.27. The maximum Gasteiger partial charge on any atom is 0.372 e. The molecule has 0 bridgehead atoms. The summed E-state index contributed by atoms with van der Waals surface area (Å²) in [7, 11) is 0. The minimum absolute atomic E-state index is 0.338. The molecule has 1 unspecified atom stereocenters. The van der Waals surface area contributed by atoms with Gasteiger partial charge in [0.15, 0.2) is 0 Å². The number of amides is 1. The van der Waals surface area contributed by atoms with E-state index in [1.807, 2.05) is 0 Å². The van der Waals surface area contributed by atoms with Crippen molar-refractivity contribution in [3.05, 3.63) is 0 Å². The summed E-state index contributed by atoms with van der Waals surface area (Å²) in [6, 6.07) is -1.50. The number of ether oxygens (including phenoxy) is 2. The lowest BCUT2D eigenvalue weighted by atomic mass is 10.1. The fourth-order valence-corrected chi connectivity index (χ4v) is 1.27. The monoisotopic (exact) mass is 308 g/mol. The molecular weight excluding hydrogens is 278 g/mol. The van der Waals surface area contributed by atoms with Crippen LogP contribution >= 0.6 is 0 Å². The minimum atomic E-state index is -3.16. The van der Waals surface area contributed by atoms with Crippen LogP contribution in [0.3, 0.4) is 0 Å². The molecule has 1 amide bonds. The smallest absolute Gasteiger partial charge is 0.372 e. The SMILES string of the molecule is [2H]C([2H])([2H])C(C)OC(=O)[C@H](CCC(=O)C=[N+]=N)NC(=O)COC([2H])([2H])C([2H])([2H])[2H]. The van der Waals surface area contributed by atoms with Crippen LogP contribution in [0.5, 0.6) is 0 Å². The van der Waals surface area contributed by atoms with Crippen molar-refractivity contribution in [1.82, 2.24) is 5.32 Å². The van der Waals surface area contributed by atoms with Gasteiger partial charge in [0.05, 0.1) is 19.2 Å². The van der Waals surface area contributed by atoms with E-state index in [2.05, 4.69) is 14.8 Å². The average molecular weight is 308 g/mol. The Morgan fingerprint density at radius 3 is 2.90 bits per heavy atom. The highest BCUT2D eigenvalue weighted by atomic mass is 16.5. The molecular formula is C13H22N3O5+. The Morgan fingerprint density at radius 2 is 2.29 bits per heavy atom. The quantitative estimate of drug-likeness (QED) is 0.257. The van der Waals surface area contributed by atoms with Crippen molar-refractivity contribution in [2.24, 2.45) is 0 Å². The predicted molar refractivity (Wildman–Crippen MR) is 72.9 cm³/mol. The molecule has 8 heteroatoms. The average Bonchev–Trinajstić information content (AvgIpc) is 2.55. The van der Waals surface area contributed by atoms with Crippen molar-refractivity contribution in [2.75, 3.05) is 13.2 Å². The molecule has 118 valence electrons. The highest BCUT2D eigenvalue weighted by Gasteiger charge is 2.24. The normalized spacial score (nSPS) is 20.2. The Bertz CT molecular complexity index is 658. The van der Waals surface area contributed by atoms with E-state index in [1.54, 1.807) is 0 Å². The molecule has 0 heterocycles. The summed E-state index contributed by atoms with van der Waals surface area (Å²) < 4.78 is 66.3. The highest BCUT2D eigenvalue weighted by molar-refractivity contribution is 6.25. The Hall–Kier alpha value is -2.05. The van der Waals surface area contributed by atoms with Crippen LogP contribution in [0.15, 0.2) is 0 Å². The molecule has 0 saturated carbocycles. The summed E-state index contributed by atoms with van der Waals surface area (Å²) in [5.41, 5.74) is 6.57. The Labute approximate surface area is 134 Å². The summed E-state index contributed by atoms with van der Waals surface area (Å²) >= 11 is 0. The lowest BCUT2D eigenvalue weighted by Gasteiger charge is -2.18. The maximum atomic E-state index is 12.2. The van der Waals surface area contributed by atoms with Crippen LogP contribution in [-0.2, 0) is 23.9 Å². The van der Waals surface area contributed by atoms with Crippen LogP contribution < -0.4 is 5.32 Å². The van der Waals surface area contributed by atoms with Gasteiger partial charge in [0.2, 0.25) is 11.7 Å². The standard InChI is InChI=1S/C13H21N3O5/c1-4-20-8-12(18)16-11(13(19)21-9(2)3)6-5-10(17)7-15-14/h7,9,11,14H,4-6,8H2,1-3H3/p+1/t11-/m0/s1/i1D3,2D3,4D2/t9?,11-. The molecule has 0 radical (unpaired) electrons. The second kappa shape index (κ2) is 10.7. The van der Waals surface area contributed by atoms with Gasteiger partial charge in [-0.25, -0.2) is 4.79 Å². The first-order chi connectivity index (χ1) is 13.0. The van der Waals surface area contributed by atoms with Gasteiger partial charge in [-0.05, 0) is 27.0 Å². The van der Waals surface area contributed by atoms with Gasteiger partial charge in [0.1, 0.15) is 12.6 Å². The first-order valence-corrected chi connectivity index (χ1v) is 5.87. The van der Waals surface area contributed by atoms with Crippen LogP contribution in [0.1, 0.15) is 44.4 Å². The largest absolute Gasteiger partial charge is 0.461 e. The van der Waals surface area contributed by atoms with Gasteiger partial charge in [-0.3, -0.25) is 9.59 Å². The molecule has 0 aromatic rings. The van der Waals surface area contributed by atoms with E-state index < -0.39 is 56.7 Å². The minimum Gasteiger partial charge on any atom is -0.461 e. The number of carbonyl (C=O) groups is 3. The number of esters is 1. The molecule has 0 spiro atoms. The third kappa shape index (κ3) is 9.48. The van der Waals surface area contributed by atoms with Gasteiger partial charge < -0.3 is 14.8 Å². The number of hydrogen-bond donors (Lipinski definition) is 2. The lowest BCUT2D eigenvalue weighted by Crippen LogP contribution is -2.44. The van der Waals surface area contributed by atoms with E-state index in [4.69, 9.17) is 21.2 Å². The zero-order valence-corrected chi connectivity index (χ0v) is 11.3. The number of hydrogen-bond acceptors (Lipinski definition) is 6. The van der Waals surface area contributed by atoms with Crippen LogP contribution in [0.25, 0.3) is 0 Å². The molecule has 0 aromatic heterocycles. The summed E-state index contributed by atoms with van der Waals surface area (Å²) in [6.45, 7) is -8.88. The molecule has 8 nitrogen and oxygen atoms in total. The number of Topliss-reactive ketones (excluding diaryl/α,β-unsaturated/α-hetero) is 1. The van der Waals surface area contributed by atoms with Crippen molar-refractivity contribution in [1.29, 1.82) is 5.53 Å². The Kier molecular flexibility index (Phi) is 4.62. The first kappa shape index (κ1) is 9.07. The molecule has 0 aliphatic carbocycles. The number of nitrogens with one attached hydrogen (secondary N) is 2. The number of carbonyl (C=O) groups excluding carboxylic acids is 3. The third-order valence-corrected chi connectivity index (χ3v) is 2.08. The van der Waals surface area contributed by atoms with E-state index in [9.17, 15) is 14.4 Å². The second-order valence-electron chi connectivity index (χ2n) is 3.85. The van der Waals surface area contributed by atoms with Crippen LogP contribution in [0.4, 0.5) is 0 Å². The molecule has 0 fully saturated rings. The molecule has 0 aliphatic heterocycles. The summed E-state index contributed by atoms with van der Waals surface area (Å²) in [4.78, 5) is 38.3. The van der Waals surface area contributed by atoms with E-state index in [0.29, 0.717) is 6.21 Å². The van der Waals surface area contributed by atoms with Gasteiger partial charge in [-0.15, -0.1) is 0 Å². The predicted octanol–water partition coefficient (Wildman–Crippen LogP) is 0.119. The number of ketones is 1. The lowest BCUT2D eigenvalue weighted by molar-refractivity contribution is -0.152. The number of nitrogens with zero attached hydrogens (tertiary/aromatic N) is 1. The van der Waals surface area contributed by atoms with Crippen molar-refractivity contribution < 1.29 is 39.6 Å². The zero-order valence-electron chi connectivity index (χ0n) is 19.3. The summed E-state index contributed by atoms with van der Waals surface area (Å²) in [5.74, 6) is -2.91. The fraction of sp³-hybridized carbons (Fsp3) is 0.692. The summed E-state index contributed by atoms with van der Waals surface area (Å²) in [5, 5.41) is 2.08. The highest BCUT2D eigenvalue weighted by Crippen LogP contribution is 2.03. The zero-order chi connectivity index (χ0) is 23.0. The van der Waals surface area contributed by atoms with E-state index in [1.165, 1.54) is 0 Å². The Morgan fingerprint density at radius 1 is 1.52 bits per heavy atom. The molecule has 21 heavy (non-hydrogen) atoms. The van der Waals surface area contributed by atoms with E-state index in [-0.39, 0.29) is 12.8 Å². The van der Waals surface area contributed by atoms with Gasteiger partial charge in [0.25, 0.3) is 0 Å². The molecule has 2 atom stereocenters. The molecule has 2 N–H and O–H groups in total. The molecule has 0 aromatic carbocycles. The van der Waals surface area contributed by atoms with E-state index in [0.717, 1.165) is 6.92 Å². The van der Waals surface area contributed by atoms with Crippen molar-refractivity contribution >= 4 is 23.9 Å². The summed E-state index contributed by atoms with van der Waals surface area (Å²) in [6.07, 6.45) is -1.53. The van der Waals surface area contributed by atoms with Crippen molar-refractivity contribution in [3.8, 4) is 0 Å².